The number of halogens is 1. The number of benzene rings is 5. The van der Waals surface area contributed by atoms with E-state index in [-0.39, 0.29) is 17.0 Å². The van der Waals surface area contributed by atoms with Crippen LogP contribution in [0, 0.1) is 0 Å². The molecule has 0 saturated carbocycles. The minimum absolute atomic E-state index is 0. The van der Waals surface area contributed by atoms with Crippen molar-refractivity contribution in [2.75, 3.05) is 11.4 Å². The predicted octanol–water partition coefficient (Wildman–Crippen LogP) is 4.81. The van der Waals surface area contributed by atoms with E-state index in [9.17, 15) is 0 Å². The molecule has 0 aromatic heterocycles. The number of fused-ring (bicyclic) bond motifs is 2. The van der Waals surface area contributed by atoms with Gasteiger partial charge in [0.1, 0.15) is 23.2 Å². The summed E-state index contributed by atoms with van der Waals surface area (Å²) in [5.41, 5.74) is 4.01. The third-order valence-electron chi connectivity index (χ3n) is 7.02. The average molecular weight is 583 g/mol. The van der Waals surface area contributed by atoms with Gasteiger partial charge in [0.25, 0.3) is 0 Å². The van der Waals surface area contributed by atoms with E-state index in [4.69, 9.17) is 0 Å². The molecule has 0 spiro atoms. The molecule has 0 amide bonds. The van der Waals surface area contributed by atoms with Gasteiger partial charge in [-0.05, 0) is 73.2 Å². The topological polar surface area (TPSA) is 3.24 Å². The van der Waals surface area contributed by atoms with Crippen molar-refractivity contribution in [2.45, 2.75) is 22.9 Å². The molecule has 184 valence electrons. The molecule has 6 rings (SSSR count). The van der Waals surface area contributed by atoms with Crippen molar-refractivity contribution in [1.82, 2.24) is 0 Å². The molecule has 0 bridgehead atoms. The standard InChI is InChI=1S/C33H29NPS.BrH/c1-2-34-30-20-12-13-21-32(30)36-33-24-26(22-23-31(33)34)25-35(27-14-6-3-7-15-27,28-16-8-4-9-17-28)29-18-10-5-11-19-29;/h3-24H,2,25H2,1H3;1H/q+1;/p-1. The SMILES string of the molecule is CCN1c2ccccc2Sc2cc(C[P+](c3ccccc3)(c3ccccc3)c3ccccc3)ccc21.[Br-]. The summed E-state index contributed by atoms with van der Waals surface area (Å²) >= 11 is 1.90. The van der Waals surface area contributed by atoms with Gasteiger partial charge in [-0.1, -0.05) is 84.6 Å². The summed E-state index contributed by atoms with van der Waals surface area (Å²) in [7, 11) is -1.92. The van der Waals surface area contributed by atoms with E-state index in [1.54, 1.807) is 0 Å². The zero-order chi connectivity index (χ0) is 24.4. The molecule has 1 aliphatic rings. The third kappa shape index (κ3) is 4.77. The van der Waals surface area contributed by atoms with Gasteiger partial charge in [0.05, 0.1) is 17.5 Å². The third-order valence-corrected chi connectivity index (χ3v) is 12.5. The summed E-state index contributed by atoms with van der Waals surface area (Å²) in [6.45, 7) is 3.19. The number of para-hydroxylation sites is 1. The Morgan fingerprint density at radius 1 is 0.568 bits per heavy atom. The van der Waals surface area contributed by atoms with Crippen molar-refractivity contribution >= 4 is 46.3 Å². The number of anilines is 2. The molecule has 5 aromatic rings. The lowest BCUT2D eigenvalue weighted by molar-refractivity contribution is -0.00000692. The van der Waals surface area contributed by atoms with Gasteiger partial charge in [0.2, 0.25) is 0 Å². The monoisotopic (exact) mass is 581 g/mol. The molecule has 5 aromatic carbocycles. The average Bonchev–Trinajstić information content (AvgIpc) is 2.96. The fourth-order valence-electron chi connectivity index (χ4n) is 5.36. The van der Waals surface area contributed by atoms with E-state index < -0.39 is 7.26 Å². The molecule has 0 unspecified atom stereocenters. The second-order valence-electron chi connectivity index (χ2n) is 9.09. The van der Waals surface area contributed by atoms with Crippen LogP contribution >= 0.6 is 19.0 Å². The Labute approximate surface area is 235 Å². The molecule has 0 fully saturated rings. The van der Waals surface area contributed by atoms with Gasteiger partial charge in [0.15, 0.2) is 0 Å². The Morgan fingerprint density at radius 2 is 1.05 bits per heavy atom. The van der Waals surface area contributed by atoms with Crippen LogP contribution in [0.25, 0.3) is 0 Å². The number of hydrogen-bond acceptors (Lipinski definition) is 2. The Morgan fingerprint density at radius 3 is 1.59 bits per heavy atom. The molecule has 1 nitrogen and oxygen atoms in total. The second-order valence-corrected chi connectivity index (χ2v) is 13.7. The highest BCUT2D eigenvalue weighted by molar-refractivity contribution is 7.99. The largest absolute Gasteiger partial charge is 1.00 e. The highest BCUT2D eigenvalue weighted by Crippen LogP contribution is 2.59. The van der Waals surface area contributed by atoms with E-state index in [0.717, 1.165) is 12.7 Å². The fraction of sp³-hybridized carbons (Fsp3) is 0.0909. The van der Waals surface area contributed by atoms with E-state index in [2.05, 4.69) is 145 Å². The highest BCUT2D eigenvalue weighted by atomic mass is 79.9. The van der Waals surface area contributed by atoms with Crippen LogP contribution in [0.2, 0.25) is 0 Å². The maximum atomic E-state index is 2.45. The smallest absolute Gasteiger partial charge is 0.116 e. The van der Waals surface area contributed by atoms with Crippen LogP contribution in [0.4, 0.5) is 11.4 Å². The van der Waals surface area contributed by atoms with Crippen LogP contribution in [0.15, 0.2) is 143 Å². The summed E-state index contributed by atoms with van der Waals surface area (Å²) in [5.74, 6) is 0. The Balaban J connectivity index is 0.00000280. The van der Waals surface area contributed by atoms with Crippen molar-refractivity contribution in [1.29, 1.82) is 0 Å². The molecule has 1 heterocycles. The molecule has 1 aliphatic heterocycles. The quantitative estimate of drug-likeness (QED) is 0.265. The fourth-order valence-corrected chi connectivity index (χ4v) is 10.7. The summed E-state index contributed by atoms with van der Waals surface area (Å²) in [5, 5.41) is 4.27. The zero-order valence-corrected chi connectivity index (χ0v) is 24.1. The van der Waals surface area contributed by atoms with Gasteiger partial charge in [-0.15, -0.1) is 0 Å². The molecule has 0 aliphatic carbocycles. The number of hydrogen-bond donors (Lipinski definition) is 0. The summed E-state index contributed by atoms with van der Waals surface area (Å²) in [6.07, 6.45) is 0.993. The number of nitrogens with zero attached hydrogens (tertiary/aromatic N) is 1. The Hall–Kier alpha value is -2.84. The lowest BCUT2D eigenvalue weighted by atomic mass is 10.2. The van der Waals surface area contributed by atoms with Crippen LogP contribution in [-0.2, 0) is 6.16 Å². The lowest BCUT2D eigenvalue weighted by Gasteiger charge is -2.33. The maximum Gasteiger partial charge on any atom is 0.116 e. The van der Waals surface area contributed by atoms with E-state index in [1.807, 2.05) is 11.8 Å². The summed E-state index contributed by atoms with van der Waals surface area (Å²) in [4.78, 5) is 5.12. The maximum absolute atomic E-state index is 2.45. The van der Waals surface area contributed by atoms with Crippen molar-refractivity contribution in [3.8, 4) is 0 Å². The Kier molecular flexibility index (Phi) is 7.86. The molecule has 0 radical (unpaired) electrons. The molecule has 0 atom stereocenters. The van der Waals surface area contributed by atoms with Crippen LogP contribution < -0.4 is 37.8 Å². The summed E-state index contributed by atoms with van der Waals surface area (Å²) in [6, 6.07) is 49.4. The predicted molar refractivity (Wildman–Crippen MR) is 159 cm³/mol. The molecule has 0 saturated heterocycles. The lowest BCUT2D eigenvalue weighted by Crippen LogP contribution is -3.00. The van der Waals surface area contributed by atoms with Gasteiger partial charge in [0, 0.05) is 16.3 Å². The molecular weight excluding hydrogens is 553 g/mol. The van der Waals surface area contributed by atoms with Crippen LogP contribution in [0.1, 0.15) is 12.5 Å². The summed E-state index contributed by atoms with van der Waals surface area (Å²) < 4.78 is 0. The normalized spacial score (nSPS) is 12.3. The van der Waals surface area contributed by atoms with E-state index in [1.165, 1.54) is 42.6 Å². The van der Waals surface area contributed by atoms with Crippen LogP contribution in [-0.4, -0.2) is 6.54 Å². The van der Waals surface area contributed by atoms with Crippen molar-refractivity contribution in [2.24, 2.45) is 0 Å². The number of rotatable bonds is 6. The van der Waals surface area contributed by atoms with Crippen LogP contribution in [0.3, 0.4) is 0 Å². The molecule has 4 heteroatoms. The molecule has 37 heavy (non-hydrogen) atoms. The first-order chi connectivity index (χ1) is 17.8. The van der Waals surface area contributed by atoms with Gasteiger partial charge in [-0.2, -0.15) is 0 Å². The second kappa shape index (κ2) is 11.3. The van der Waals surface area contributed by atoms with Crippen molar-refractivity contribution < 1.29 is 17.0 Å². The minimum Gasteiger partial charge on any atom is -1.00 e. The van der Waals surface area contributed by atoms with Crippen LogP contribution in [0.5, 0.6) is 0 Å². The first-order valence-electron chi connectivity index (χ1n) is 12.5. The van der Waals surface area contributed by atoms with E-state index >= 15 is 0 Å². The first-order valence-corrected chi connectivity index (χ1v) is 15.3. The van der Waals surface area contributed by atoms with Gasteiger partial charge >= 0.3 is 0 Å². The van der Waals surface area contributed by atoms with Gasteiger partial charge in [-0.3, -0.25) is 0 Å². The highest BCUT2D eigenvalue weighted by Gasteiger charge is 2.45. The van der Waals surface area contributed by atoms with E-state index in [0.29, 0.717) is 0 Å². The molecular formula is C33H29BrNPS. The van der Waals surface area contributed by atoms with Gasteiger partial charge < -0.3 is 21.9 Å². The van der Waals surface area contributed by atoms with Crippen molar-refractivity contribution in [3.63, 3.8) is 0 Å². The Bertz CT molecular complexity index is 1380. The molecule has 0 N–H and O–H groups in total. The van der Waals surface area contributed by atoms with Gasteiger partial charge in [-0.25, -0.2) is 0 Å². The first kappa shape index (κ1) is 25.8. The minimum atomic E-state index is -1.92. The van der Waals surface area contributed by atoms with Crippen molar-refractivity contribution in [3.05, 3.63) is 139 Å². The zero-order valence-electron chi connectivity index (χ0n) is 20.8.